The Hall–Kier alpha value is -4.27. The molecule has 11 heteroatoms. The maximum Gasteiger partial charge on any atom is 0.290 e. The average molecular weight is 555 g/mol. The van der Waals surface area contributed by atoms with Crippen LogP contribution >= 0.6 is 11.8 Å². The lowest BCUT2D eigenvalue weighted by molar-refractivity contribution is -0.115. The molecule has 5 rings (SSSR count). The minimum Gasteiger partial charge on any atom is -0.378 e. The number of aromatic nitrogens is 3. The van der Waals surface area contributed by atoms with Crippen LogP contribution in [0.15, 0.2) is 53.7 Å². The minimum atomic E-state index is -0.395. The van der Waals surface area contributed by atoms with Crippen LogP contribution < -0.4 is 20.4 Å². The molecule has 40 heavy (non-hydrogen) atoms. The number of nitriles is 1. The van der Waals surface area contributed by atoms with E-state index in [4.69, 9.17) is 0 Å². The van der Waals surface area contributed by atoms with E-state index in [0.29, 0.717) is 40.3 Å². The molecule has 2 amide bonds. The van der Waals surface area contributed by atoms with Crippen LogP contribution in [0.4, 0.5) is 16.4 Å². The van der Waals surface area contributed by atoms with Gasteiger partial charge in [0.2, 0.25) is 5.95 Å². The number of hydrogen-bond donors (Lipinski definition) is 2. The van der Waals surface area contributed by atoms with Gasteiger partial charge in [-0.15, -0.1) is 0 Å². The first-order chi connectivity index (χ1) is 19.4. The number of thioether (sulfide) groups is 1. The number of pyridine rings is 1. The number of anilines is 2. The molecule has 2 N–H and O–H groups in total. The third kappa shape index (κ3) is 6.47. The highest BCUT2D eigenvalue weighted by Gasteiger charge is 2.26. The molecule has 2 aliphatic heterocycles. The first-order valence-corrected chi connectivity index (χ1v) is 13.9. The molecule has 0 aliphatic carbocycles. The van der Waals surface area contributed by atoms with Crippen LogP contribution in [0.1, 0.15) is 29.7 Å². The predicted molar refractivity (Wildman–Crippen MR) is 156 cm³/mol. The van der Waals surface area contributed by atoms with Crippen LogP contribution in [0.5, 0.6) is 0 Å². The van der Waals surface area contributed by atoms with E-state index >= 15 is 0 Å². The topological polar surface area (TPSA) is 127 Å². The van der Waals surface area contributed by atoms with Crippen LogP contribution in [0.3, 0.4) is 0 Å². The van der Waals surface area contributed by atoms with Gasteiger partial charge in [-0.25, -0.2) is 9.97 Å². The number of carbonyl (C=O) groups excluding carboxylic acids is 2. The molecule has 2 aromatic heterocycles. The molecule has 0 radical (unpaired) electrons. The molecule has 0 bridgehead atoms. The zero-order valence-corrected chi connectivity index (χ0v) is 23.2. The second-order valence-corrected chi connectivity index (χ2v) is 11.0. The average Bonchev–Trinajstić information content (AvgIpc) is 3.29. The van der Waals surface area contributed by atoms with Crippen molar-refractivity contribution in [2.24, 2.45) is 5.92 Å². The molecule has 2 aliphatic rings. The normalized spacial score (nSPS) is 16.7. The highest BCUT2D eigenvalue weighted by Crippen LogP contribution is 2.27. The first kappa shape index (κ1) is 27.3. The lowest BCUT2D eigenvalue weighted by atomic mass is 9.97. The summed E-state index contributed by atoms with van der Waals surface area (Å²) in [4.78, 5) is 41.4. The second-order valence-electron chi connectivity index (χ2n) is 9.99. The quantitative estimate of drug-likeness (QED) is 0.397. The summed E-state index contributed by atoms with van der Waals surface area (Å²) in [7, 11) is 3.98. The van der Waals surface area contributed by atoms with Gasteiger partial charge in [0.15, 0.2) is 0 Å². The van der Waals surface area contributed by atoms with E-state index in [1.54, 1.807) is 18.3 Å². The standard InChI is InChI=1S/C29H30N8O2S/c1-36(2)24-5-3-4-21(13-24)26-22(15-30)12-20(18-33-26)17-31-16-19-7-10-37(11-8-19)28-32-9-6-23(34-28)14-25-27(38)35-29(39)40-25/h3-6,9,12-14,18-19,31H,7-8,10-11,16-17H2,1-2H3,(H,35,38,39)/b25-14-. The Morgan fingerprint density at radius 3 is 2.75 bits per heavy atom. The molecule has 1 aromatic carbocycles. The molecule has 0 spiro atoms. The summed E-state index contributed by atoms with van der Waals surface area (Å²) in [5.41, 5.74) is 4.84. The van der Waals surface area contributed by atoms with Gasteiger partial charge >= 0.3 is 0 Å². The lowest BCUT2D eigenvalue weighted by Crippen LogP contribution is -2.38. The smallest absolute Gasteiger partial charge is 0.290 e. The summed E-state index contributed by atoms with van der Waals surface area (Å²) >= 11 is 0.878. The SMILES string of the molecule is CN(C)c1cccc(-c2ncc(CNCC3CCN(c4nccc(/C=C5\SC(=O)NC5=O)n4)CC3)cc2C#N)c1. The van der Waals surface area contributed by atoms with Crippen molar-refractivity contribution in [3.8, 4) is 17.3 Å². The largest absolute Gasteiger partial charge is 0.378 e. The number of amides is 2. The van der Waals surface area contributed by atoms with Crippen molar-refractivity contribution >= 4 is 40.6 Å². The first-order valence-electron chi connectivity index (χ1n) is 13.1. The highest BCUT2D eigenvalue weighted by atomic mass is 32.2. The molecule has 3 aromatic rings. The van der Waals surface area contributed by atoms with Gasteiger partial charge in [-0.3, -0.25) is 19.9 Å². The van der Waals surface area contributed by atoms with Gasteiger partial charge in [0, 0.05) is 57.4 Å². The van der Waals surface area contributed by atoms with E-state index in [-0.39, 0.29) is 5.24 Å². The van der Waals surface area contributed by atoms with Gasteiger partial charge in [-0.2, -0.15) is 5.26 Å². The summed E-state index contributed by atoms with van der Waals surface area (Å²) in [5, 5.41) is 15.2. The van der Waals surface area contributed by atoms with Gasteiger partial charge in [-0.05, 0) is 73.0 Å². The number of benzene rings is 1. The van der Waals surface area contributed by atoms with Gasteiger partial charge in [-0.1, -0.05) is 12.1 Å². The van der Waals surface area contributed by atoms with Crippen LogP contribution in [0.2, 0.25) is 0 Å². The fourth-order valence-corrected chi connectivity index (χ4v) is 5.43. The Kier molecular flexibility index (Phi) is 8.38. The molecule has 204 valence electrons. The molecule has 0 unspecified atom stereocenters. The lowest BCUT2D eigenvalue weighted by Gasteiger charge is -2.32. The van der Waals surface area contributed by atoms with Crippen LogP contribution in [0.25, 0.3) is 17.3 Å². The summed E-state index contributed by atoms with van der Waals surface area (Å²) in [5.74, 6) is 0.748. The van der Waals surface area contributed by atoms with Crippen molar-refractivity contribution in [3.63, 3.8) is 0 Å². The van der Waals surface area contributed by atoms with Crippen molar-refractivity contribution in [2.45, 2.75) is 19.4 Å². The van der Waals surface area contributed by atoms with Crippen molar-refractivity contribution in [2.75, 3.05) is 43.5 Å². The zero-order chi connectivity index (χ0) is 28.1. The van der Waals surface area contributed by atoms with E-state index in [1.165, 1.54) is 0 Å². The van der Waals surface area contributed by atoms with Crippen molar-refractivity contribution in [1.82, 2.24) is 25.6 Å². The summed E-state index contributed by atoms with van der Waals surface area (Å²) < 4.78 is 0. The van der Waals surface area contributed by atoms with Gasteiger partial charge in [0.05, 0.1) is 21.9 Å². The van der Waals surface area contributed by atoms with Crippen LogP contribution in [-0.4, -0.2) is 59.8 Å². The molecule has 4 heterocycles. The third-order valence-corrected chi connectivity index (χ3v) is 7.76. The molecular formula is C29H30N8O2S. The van der Waals surface area contributed by atoms with Gasteiger partial charge in [0.25, 0.3) is 11.1 Å². The minimum absolute atomic E-state index is 0.338. The van der Waals surface area contributed by atoms with Gasteiger partial charge < -0.3 is 15.1 Å². The maximum absolute atomic E-state index is 11.8. The Morgan fingerprint density at radius 2 is 2.02 bits per heavy atom. The van der Waals surface area contributed by atoms with Crippen molar-refractivity contribution < 1.29 is 9.59 Å². The number of nitrogens with one attached hydrogen (secondary N) is 2. The molecule has 2 fully saturated rings. The number of carbonyl (C=O) groups is 2. The zero-order valence-electron chi connectivity index (χ0n) is 22.4. The molecule has 2 saturated heterocycles. The number of piperidine rings is 1. The van der Waals surface area contributed by atoms with Crippen LogP contribution in [-0.2, 0) is 11.3 Å². The summed E-state index contributed by atoms with van der Waals surface area (Å²) in [6, 6.07) is 14.0. The van der Waals surface area contributed by atoms with E-state index in [1.807, 2.05) is 55.5 Å². The third-order valence-electron chi connectivity index (χ3n) is 6.95. The van der Waals surface area contributed by atoms with E-state index in [0.717, 1.165) is 61.1 Å². The number of rotatable bonds is 8. The van der Waals surface area contributed by atoms with Crippen LogP contribution in [0, 0.1) is 17.2 Å². The molecule has 0 atom stereocenters. The predicted octanol–water partition coefficient (Wildman–Crippen LogP) is 3.81. The summed E-state index contributed by atoms with van der Waals surface area (Å²) in [6.45, 7) is 3.19. The Bertz CT molecular complexity index is 1490. The van der Waals surface area contributed by atoms with Gasteiger partial charge in [0.1, 0.15) is 6.07 Å². The van der Waals surface area contributed by atoms with Crippen molar-refractivity contribution in [1.29, 1.82) is 5.26 Å². The fourth-order valence-electron chi connectivity index (χ4n) is 4.76. The number of hydrogen-bond acceptors (Lipinski definition) is 10. The number of nitrogens with zero attached hydrogens (tertiary/aromatic N) is 6. The Morgan fingerprint density at radius 1 is 1.20 bits per heavy atom. The van der Waals surface area contributed by atoms with E-state index < -0.39 is 5.91 Å². The second kappa shape index (κ2) is 12.3. The monoisotopic (exact) mass is 554 g/mol. The van der Waals surface area contributed by atoms with E-state index in [2.05, 4.69) is 36.6 Å². The molecular weight excluding hydrogens is 524 g/mol. The summed E-state index contributed by atoms with van der Waals surface area (Å²) in [6.07, 6.45) is 7.13. The molecule has 10 nitrogen and oxygen atoms in total. The highest BCUT2D eigenvalue weighted by molar-refractivity contribution is 8.18. The maximum atomic E-state index is 11.8. The van der Waals surface area contributed by atoms with E-state index in [9.17, 15) is 14.9 Å². The molecule has 0 saturated carbocycles. The number of imide groups is 1. The Labute approximate surface area is 237 Å². The fraction of sp³-hybridized carbons (Fsp3) is 0.310. The van der Waals surface area contributed by atoms with Crippen molar-refractivity contribution in [3.05, 3.63) is 70.5 Å². The Balaban J connectivity index is 1.13.